The highest BCUT2D eigenvalue weighted by atomic mass is 35.5. The molecule has 1 aliphatic rings. The molecule has 1 N–H and O–H groups in total. The smallest absolute Gasteiger partial charge is 0.416 e. The van der Waals surface area contributed by atoms with Gasteiger partial charge in [0.25, 0.3) is 0 Å². The number of aliphatic hydroxyl groups is 1. The number of ether oxygens (including phenoxy) is 1. The van der Waals surface area contributed by atoms with Crippen molar-refractivity contribution in [3.05, 3.63) is 64.3 Å². The Morgan fingerprint density at radius 1 is 1.10 bits per heavy atom. The number of hydrogen-bond donors (Lipinski definition) is 1. The molecule has 1 fully saturated rings. The Morgan fingerprint density at radius 3 is 2.58 bits per heavy atom. The molecule has 3 nitrogen and oxygen atoms in total. The van der Waals surface area contributed by atoms with Gasteiger partial charge in [0.1, 0.15) is 12.4 Å². The predicted octanol–water partition coefficient (Wildman–Crippen LogP) is 6.93. The minimum absolute atomic E-state index is 0.0114. The van der Waals surface area contributed by atoms with Crippen LogP contribution in [0.1, 0.15) is 54.7 Å². The van der Waals surface area contributed by atoms with Gasteiger partial charge >= 0.3 is 6.18 Å². The van der Waals surface area contributed by atoms with Gasteiger partial charge in [0, 0.05) is 30.8 Å². The zero-order valence-corrected chi connectivity index (χ0v) is 17.8. The van der Waals surface area contributed by atoms with Gasteiger partial charge in [-0.2, -0.15) is 13.2 Å². The van der Waals surface area contributed by atoms with Crippen molar-refractivity contribution >= 4 is 22.5 Å². The fraction of sp³-hybridized carbons (Fsp3) is 0.417. The molecule has 7 heteroatoms. The molecule has 0 bridgehead atoms. The van der Waals surface area contributed by atoms with E-state index in [1.54, 1.807) is 18.2 Å². The highest BCUT2D eigenvalue weighted by molar-refractivity contribution is 6.35. The van der Waals surface area contributed by atoms with E-state index < -0.39 is 11.7 Å². The predicted molar refractivity (Wildman–Crippen MR) is 116 cm³/mol. The summed E-state index contributed by atoms with van der Waals surface area (Å²) < 4.78 is 48.8. The van der Waals surface area contributed by atoms with Gasteiger partial charge in [-0.05, 0) is 54.5 Å². The average molecular weight is 452 g/mol. The summed E-state index contributed by atoms with van der Waals surface area (Å²) in [6.07, 6.45) is 1.73. The van der Waals surface area contributed by atoms with E-state index in [-0.39, 0.29) is 19.1 Å². The van der Waals surface area contributed by atoms with E-state index in [2.05, 4.69) is 0 Å². The topological polar surface area (TPSA) is 34.4 Å². The third-order valence-electron chi connectivity index (χ3n) is 5.97. The van der Waals surface area contributed by atoms with E-state index in [4.69, 9.17) is 21.4 Å². The minimum atomic E-state index is -4.38. The Bertz CT molecular complexity index is 1050. The van der Waals surface area contributed by atoms with Crippen LogP contribution in [0.3, 0.4) is 0 Å². The van der Waals surface area contributed by atoms with Crippen LogP contribution in [-0.2, 0) is 19.3 Å². The molecule has 0 spiro atoms. The van der Waals surface area contributed by atoms with Crippen LogP contribution < -0.4 is 4.74 Å². The van der Waals surface area contributed by atoms with E-state index in [9.17, 15) is 13.2 Å². The van der Waals surface area contributed by atoms with Crippen LogP contribution in [0, 0.1) is 0 Å². The Kier molecular flexibility index (Phi) is 6.49. The fourth-order valence-corrected chi connectivity index (χ4v) is 4.80. The number of aliphatic hydroxyl groups excluding tert-OH is 1. The van der Waals surface area contributed by atoms with Gasteiger partial charge < -0.3 is 14.4 Å². The summed E-state index contributed by atoms with van der Waals surface area (Å²) in [5.41, 5.74) is 1.19. The number of aromatic nitrogens is 1. The molecule has 0 atom stereocenters. The maximum Gasteiger partial charge on any atom is 0.416 e. The lowest BCUT2D eigenvalue weighted by Crippen LogP contribution is -2.12. The van der Waals surface area contributed by atoms with Crippen molar-refractivity contribution in [2.45, 2.75) is 57.3 Å². The molecule has 1 aromatic heterocycles. The molecule has 0 saturated heterocycles. The Hall–Kier alpha value is -2.18. The quantitative estimate of drug-likeness (QED) is 0.422. The SMILES string of the molecule is OCCCn1ccc2cc(OCc3ccc(C4CCCC4)c(C(F)(F)F)c3)cc(Cl)c21. The van der Waals surface area contributed by atoms with Gasteiger partial charge in [-0.1, -0.05) is 36.6 Å². The minimum Gasteiger partial charge on any atom is -0.489 e. The Balaban J connectivity index is 1.54. The first-order chi connectivity index (χ1) is 14.9. The Labute approximate surface area is 184 Å². The molecular weight excluding hydrogens is 427 g/mol. The molecular formula is C24H25ClF3NO2. The van der Waals surface area contributed by atoms with Crippen LogP contribution in [0.5, 0.6) is 5.75 Å². The van der Waals surface area contributed by atoms with Gasteiger partial charge in [-0.3, -0.25) is 0 Å². The molecule has 166 valence electrons. The maximum absolute atomic E-state index is 13.7. The first kappa shape index (κ1) is 22.0. The monoisotopic (exact) mass is 451 g/mol. The zero-order chi connectivity index (χ0) is 22.0. The lowest BCUT2D eigenvalue weighted by molar-refractivity contribution is -0.138. The summed E-state index contributed by atoms with van der Waals surface area (Å²) in [6.45, 7) is 0.770. The number of hydrogen-bond acceptors (Lipinski definition) is 2. The van der Waals surface area contributed by atoms with Crippen LogP contribution in [-0.4, -0.2) is 16.3 Å². The first-order valence-corrected chi connectivity index (χ1v) is 11.0. The number of aryl methyl sites for hydroxylation is 1. The van der Waals surface area contributed by atoms with Crippen LogP contribution in [0.15, 0.2) is 42.6 Å². The summed E-state index contributed by atoms with van der Waals surface area (Å²) in [4.78, 5) is 0. The second-order valence-corrected chi connectivity index (χ2v) is 8.53. The van der Waals surface area contributed by atoms with Crippen molar-refractivity contribution in [1.29, 1.82) is 0 Å². The summed E-state index contributed by atoms with van der Waals surface area (Å²) in [6, 6.07) is 9.98. The lowest BCUT2D eigenvalue weighted by atomic mass is 9.91. The Morgan fingerprint density at radius 2 is 1.87 bits per heavy atom. The third kappa shape index (κ3) is 4.85. The highest BCUT2D eigenvalue weighted by Gasteiger charge is 2.36. The van der Waals surface area contributed by atoms with Gasteiger partial charge in [-0.15, -0.1) is 0 Å². The molecule has 2 aromatic carbocycles. The molecule has 0 radical (unpaired) electrons. The maximum atomic E-state index is 13.7. The summed E-state index contributed by atoms with van der Waals surface area (Å²) >= 11 is 6.44. The number of benzene rings is 2. The van der Waals surface area contributed by atoms with E-state index in [1.807, 2.05) is 22.9 Å². The summed E-state index contributed by atoms with van der Waals surface area (Å²) in [5, 5.41) is 10.4. The third-order valence-corrected chi connectivity index (χ3v) is 6.26. The standard InChI is InChI=1S/C24H25ClF3NO2/c25-22-14-19(13-18-8-10-29(23(18)22)9-3-11-30)31-15-16-6-7-20(17-4-1-2-5-17)21(12-16)24(26,27)28/h6-8,10,12-14,17,30H,1-5,9,11,15H2. The van der Waals surface area contributed by atoms with Crippen molar-refractivity contribution in [1.82, 2.24) is 4.57 Å². The van der Waals surface area contributed by atoms with Crippen LogP contribution in [0.2, 0.25) is 5.02 Å². The molecule has 31 heavy (non-hydrogen) atoms. The van der Waals surface area contributed by atoms with Gasteiger partial charge in [0.2, 0.25) is 0 Å². The van der Waals surface area contributed by atoms with Gasteiger partial charge in [0.05, 0.1) is 16.1 Å². The molecule has 1 saturated carbocycles. The van der Waals surface area contributed by atoms with E-state index in [0.717, 1.165) is 36.6 Å². The van der Waals surface area contributed by atoms with Crippen molar-refractivity contribution in [3.8, 4) is 5.75 Å². The van der Waals surface area contributed by atoms with Crippen molar-refractivity contribution < 1.29 is 23.0 Å². The van der Waals surface area contributed by atoms with Crippen LogP contribution in [0.4, 0.5) is 13.2 Å². The molecule has 1 aliphatic carbocycles. The second kappa shape index (κ2) is 9.13. The molecule has 1 heterocycles. The zero-order valence-electron chi connectivity index (χ0n) is 17.1. The molecule has 4 rings (SSSR count). The van der Waals surface area contributed by atoms with Gasteiger partial charge in [-0.25, -0.2) is 0 Å². The summed E-state index contributed by atoms with van der Waals surface area (Å²) in [7, 11) is 0. The number of fused-ring (bicyclic) bond motifs is 1. The number of alkyl halides is 3. The number of nitrogens with zero attached hydrogens (tertiary/aromatic N) is 1. The number of halogens is 4. The molecule has 0 unspecified atom stereocenters. The van der Waals surface area contributed by atoms with E-state index >= 15 is 0 Å². The lowest BCUT2D eigenvalue weighted by Gasteiger charge is -2.19. The molecule has 3 aromatic rings. The largest absolute Gasteiger partial charge is 0.489 e. The van der Waals surface area contributed by atoms with E-state index in [1.165, 1.54) is 6.07 Å². The second-order valence-electron chi connectivity index (χ2n) is 8.12. The van der Waals surface area contributed by atoms with E-state index in [0.29, 0.717) is 34.9 Å². The van der Waals surface area contributed by atoms with Crippen LogP contribution in [0.25, 0.3) is 10.9 Å². The van der Waals surface area contributed by atoms with Crippen LogP contribution >= 0.6 is 11.6 Å². The van der Waals surface area contributed by atoms with Gasteiger partial charge in [0.15, 0.2) is 0 Å². The normalized spacial score (nSPS) is 15.1. The first-order valence-electron chi connectivity index (χ1n) is 10.6. The number of rotatable bonds is 7. The summed E-state index contributed by atoms with van der Waals surface area (Å²) in [5.74, 6) is 0.494. The van der Waals surface area contributed by atoms with Crippen molar-refractivity contribution in [2.24, 2.45) is 0 Å². The van der Waals surface area contributed by atoms with Crippen molar-refractivity contribution in [2.75, 3.05) is 6.61 Å². The van der Waals surface area contributed by atoms with Crippen molar-refractivity contribution in [3.63, 3.8) is 0 Å². The fourth-order valence-electron chi connectivity index (χ4n) is 4.48. The highest BCUT2D eigenvalue weighted by Crippen LogP contribution is 2.42. The molecule has 0 amide bonds. The average Bonchev–Trinajstić information content (AvgIpc) is 3.40. The molecule has 0 aliphatic heterocycles.